The summed E-state index contributed by atoms with van der Waals surface area (Å²) in [6.45, 7) is 3.99. The molecule has 0 aliphatic rings. The minimum Gasteiger partial charge on any atom is -0.424 e. The van der Waals surface area contributed by atoms with E-state index in [2.05, 4.69) is 24.9 Å². The van der Waals surface area contributed by atoms with Crippen molar-refractivity contribution < 1.29 is 17.5 Å². The second-order valence-electron chi connectivity index (χ2n) is 7.03. The minimum atomic E-state index is -3.83. The number of nitrogens with one attached hydrogen (secondary N) is 1. The molecular weight excluding hydrogens is 499 g/mol. The molecule has 0 bridgehead atoms. The van der Waals surface area contributed by atoms with Crippen LogP contribution in [-0.2, 0) is 16.6 Å². The van der Waals surface area contributed by atoms with Gasteiger partial charge in [0.2, 0.25) is 0 Å². The molecule has 34 heavy (non-hydrogen) atoms. The zero-order valence-corrected chi connectivity index (χ0v) is 20.9. The summed E-state index contributed by atoms with van der Waals surface area (Å²) in [5.41, 5.74) is 0.659. The van der Waals surface area contributed by atoms with Crippen molar-refractivity contribution in [1.29, 1.82) is 0 Å². The smallest absolute Gasteiger partial charge is 0.322 e. The summed E-state index contributed by atoms with van der Waals surface area (Å²) in [6, 6.07) is 10.0. The van der Waals surface area contributed by atoms with E-state index >= 15 is 0 Å². The molecule has 0 aliphatic carbocycles. The van der Waals surface area contributed by atoms with Crippen molar-refractivity contribution in [2.75, 3.05) is 6.26 Å². The molecule has 0 aliphatic heterocycles. The maximum Gasteiger partial charge on any atom is 0.322 e. The Morgan fingerprint density at radius 3 is 2.65 bits per heavy atom. The first kappa shape index (κ1) is 24.3. The molecule has 4 aromatic rings. The summed E-state index contributed by atoms with van der Waals surface area (Å²) in [5.74, 6) is 0.401. The van der Waals surface area contributed by atoms with Crippen LogP contribution in [0.15, 0.2) is 58.0 Å². The van der Waals surface area contributed by atoms with E-state index in [4.69, 9.17) is 4.74 Å². The second kappa shape index (κ2) is 10.2. The topological polar surface area (TPSA) is 112 Å². The van der Waals surface area contributed by atoms with E-state index in [1.807, 2.05) is 13.2 Å². The lowest BCUT2D eigenvalue weighted by atomic mass is 10.3. The van der Waals surface area contributed by atoms with E-state index in [0.717, 1.165) is 16.2 Å². The molecule has 1 N–H and O–H groups in total. The van der Waals surface area contributed by atoms with E-state index in [9.17, 15) is 12.8 Å². The lowest BCUT2D eigenvalue weighted by Crippen LogP contribution is -2.28. The fourth-order valence-corrected chi connectivity index (χ4v) is 5.97. The highest BCUT2D eigenvalue weighted by molar-refractivity contribution is 7.98. The van der Waals surface area contributed by atoms with Crippen LogP contribution < -0.4 is 9.46 Å². The van der Waals surface area contributed by atoms with Gasteiger partial charge in [0.1, 0.15) is 15.8 Å². The molecule has 0 saturated heterocycles. The molecule has 1 aromatic carbocycles. The first-order chi connectivity index (χ1) is 16.3. The monoisotopic (exact) mass is 520 g/mol. The van der Waals surface area contributed by atoms with Gasteiger partial charge in [-0.25, -0.2) is 22.8 Å². The summed E-state index contributed by atoms with van der Waals surface area (Å²) in [6.07, 6.45) is 3.52. The number of thiophene rings is 1. The van der Waals surface area contributed by atoms with Gasteiger partial charge >= 0.3 is 6.01 Å². The van der Waals surface area contributed by atoms with Gasteiger partial charge < -0.3 is 4.74 Å². The third kappa shape index (κ3) is 5.27. The SMILES string of the molecule is CCn1c(Oc2ccc(F)cc2)nnc1[C@@H](C)NS(=O)(=O)c1ccc(-c2ccnc(SC)n2)s1. The third-order valence-electron chi connectivity index (χ3n) is 4.72. The van der Waals surface area contributed by atoms with Crippen LogP contribution in [-0.4, -0.2) is 39.4 Å². The molecule has 1 atom stereocenters. The number of nitrogens with zero attached hydrogens (tertiary/aromatic N) is 5. The number of ether oxygens (including phenoxy) is 1. The van der Waals surface area contributed by atoms with Crippen LogP contribution in [0.4, 0.5) is 4.39 Å². The molecule has 0 radical (unpaired) electrons. The summed E-state index contributed by atoms with van der Waals surface area (Å²) < 4.78 is 49.4. The Balaban J connectivity index is 1.53. The molecule has 3 aromatic heterocycles. The maximum atomic E-state index is 13.2. The van der Waals surface area contributed by atoms with Crippen molar-refractivity contribution in [1.82, 2.24) is 29.5 Å². The Labute approximate surface area is 204 Å². The molecule has 3 heterocycles. The first-order valence-electron chi connectivity index (χ1n) is 10.2. The lowest BCUT2D eigenvalue weighted by molar-refractivity contribution is 0.407. The van der Waals surface area contributed by atoms with Gasteiger partial charge in [-0.15, -0.1) is 16.4 Å². The van der Waals surface area contributed by atoms with Crippen molar-refractivity contribution in [3.8, 4) is 22.3 Å². The van der Waals surface area contributed by atoms with E-state index in [0.29, 0.717) is 29.0 Å². The predicted octanol–water partition coefficient (Wildman–Crippen LogP) is 4.51. The van der Waals surface area contributed by atoms with E-state index in [1.165, 1.54) is 36.0 Å². The summed E-state index contributed by atoms with van der Waals surface area (Å²) in [7, 11) is -3.83. The Hall–Kier alpha value is -2.87. The van der Waals surface area contributed by atoms with Crippen molar-refractivity contribution in [3.05, 3.63) is 60.3 Å². The zero-order chi connectivity index (χ0) is 24.3. The molecular formula is C21H21FN6O3S3. The number of aromatic nitrogens is 5. The Morgan fingerprint density at radius 2 is 1.94 bits per heavy atom. The summed E-state index contributed by atoms with van der Waals surface area (Å²) >= 11 is 2.53. The largest absolute Gasteiger partial charge is 0.424 e. The Kier molecular flexibility index (Phi) is 7.26. The molecule has 0 amide bonds. The molecule has 13 heteroatoms. The molecule has 4 rings (SSSR count). The fraction of sp³-hybridized carbons (Fsp3) is 0.238. The lowest BCUT2D eigenvalue weighted by Gasteiger charge is -2.14. The van der Waals surface area contributed by atoms with Crippen LogP contribution in [0.1, 0.15) is 25.7 Å². The highest BCUT2D eigenvalue weighted by atomic mass is 32.2. The van der Waals surface area contributed by atoms with Gasteiger partial charge in [-0.1, -0.05) is 16.9 Å². The molecule has 0 spiro atoms. The van der Waals surface area contributed by atoms with Crippen LogP contribution >= 0.6 is 23.1 Å². The van der Waals surface area contributed by atoms with Gasteiger partial charge in [0.25, 0.3) is 10.0 Å². The van der Waals surface area contributed by atoms with Crippen LogP contribution in [0.25, 0.3) is 10.6 Å². The number of hydrogen-bond acceptors (Lipinski definition) is 9. The van der Waals surface area contributed by atoms with Crippen molar-refractivity contribution in [3.63, 3.8) is 0 Å². The molecule has 0 fully saturated rings. The average Bonchev–Trinajstić information content (AvgIpc) is 3.48. The van der Waals surface area contributed by atoms with Crippen LogP contribution in [0.5, 0.6) is 11.8 Å². The van der Waals surface area contributed by atoms with Gasteiger partial charge in [-0.05, 0) is 62.6 Å². The number of hydrogen-bond donors (Lipinski definition) is 1. The van der Waals surface area contributed by atoms with Crippen LogP contribution in [0.2, 0.25) is 0 Å². The zero-order valence-electron chi connectivity index (χ0n) is 18.5. The van der Waals surface area contributed by atoms with E-state index in [-0.39, 0.29) is 16.0 Å². The van der Waals surface area contributed by atoms with Crippen LogP contribution in [0, 0.1) is 5.82 Å². The van der Waals surface area contributed by atoms with Gasteiger partial charge in [0.05, 0.1) is 16.6 Å². The third-order valence-corrected chi connectivity index (χ3v) is 8.42. The van der Waals surface area contributed by atoms with Gasteiger partial charge in [-0.2, -0.15) is 4.72 Å². The highest BCUT2D eigenvalue weighted by Gasteiger charge is 2.25. The van der Waals surface area contributed by atoms with Gasteiger partial charge in [0, 0.05) is 12.7 Å². The normalized spacial score (nSPS) is 12.6. The minimum absolute atomic E-state index is 0.156. The average molecular weight is 521 g/mol. The quantitative estimate of drug-likeness (QED) is 0.253. The van der Waals surface area contributed by atoms with E-state index in [1.54, 1.807) is 35.9 Å². The molecule has 178 valence electrons. The van der Waals surface area contributed by atoms with Gasteiger partial charge in [0.15, 0.2) is 11.0 Å². The second-order valence-corrected chi connectivity index (χ2v) is 10.8. The van der Waals surface area contributed by atoms with Gasteiger partial charge in [-0.3, -0.25) is 4.57 Å². The number of thioether (sulfide) groups is 1. The standard InChI is InChI=1S/C21H21FN6O3S3/c1-4-28-19(25-26-21(28)31-15-7-5-14(22)6-8-15)13(2)27-34(29,30)18-10-9-17(33-18)16-11-12-23-20(24-16)32-3/h5-13,27H,4H2,1-3H3/t13-/m1/s1. The Morgan fingerprint density at radius 1 is 1.18 bits per heavy atom. The number of rotatable bonds is 9. The highest BCUT2D eigenvalue weighted by Crippen LogP contribution is 2.31. The summed E-state index contributed by atoms with van der Waals surface area (Å²) in [4.78, 5) is 9.28. The molecule has 9 nitrogen and oxygen atoms in total. The molecule has 0 saturated carbocycles. The van der Waals surface area contributed by atoms with Crippen molar-refractivity contribution >= 4 is 33.1 Å². The molecule has 0 unspecified atom stereocenters. The number of halogens is 1. The maximum absolute atomic E-state index is 13.2. The number of benzene rings is 1. The van der Waals surface area contributed by atoms with Crippen LogP contribution in [0.3, 0.4) is 0 Å². The first-order valence-corrected chi connectivity index (χ1v) is 13.7. The predicted molar refractivity (Wildman–Crippen MR) is 128 cm³/mol. The van der Waals surface area contributed by atoms with E-state index < -0.39 is 16.1 Å². The Bertz CT molecular complexity index is 1390. The fourth-order valence-electron chi connectivity index (χ4n) is 3.12. The number of sulfonamides is 1. The van der Waals surface area contributed by atoms with Crippen molar-refractivity contribution in [2.24, 2.45) is 0 Å². The van der Waals surface area contributed by atoms with Crippen molar-refractivity contribution in [2.45, 2.75) is 35.8 Å². The summed E-state index contributed by atoms with van der Waals surface area (Å²) in [5, 5.41) is 8.77.